The van der Waals surface area contributed by atoms with Crippen LogP contribution in [-0.2, 0) is 4.74 Å². The summed E-state index contributed by atoms with van der Waals surface area (Å²) in [5.41, 5.74) is 4.75. The highest BCUT2D eigenvalue weighted by molar-refractivity contribution is 5.84. The summed E-state index contributed by atoms with van der Waals surface area (Å²) in [4.78, 5) is 31.1. The lowest BCUT2D eigenvalue weighted by atomic mass is 9.86. The fourth-order valence-electron chi connectivity index (χ4n) is 5.08. The Kier molecular flexibility index (Phi) is 7.88. The van der Waals surface area contributed by atoms with Gasteiger partial charge in [0.05, 0.1) is 19.5 Å². The predicted molar refractivity (Wildman–Crippen MR) is 146 cm³/mol. The molecule has 0 radical (unpaired) electrons. The van der Waals surface area contributed by atoms with Gasteiger partial charge in [0.25, 0.3) is 0 Å². The van der Waals surface area contributed by atoms with Crippen LogP contribution < -0.4 is 26.2 Å². The van der Waals surface area contributed by atoms with Crippen LogP contribution in [0.2, 0.25) is 0 Å². The van der Waals surface area contributed by atoms with E-state index in [2.05, 4.69) is 66.2 Å². The number of carbonyl (C=O) groups is 1. The highest BCUT2D eigenvalue weighted by Gasteiger charge is 2.23. The van der Waals surface area contributed by atoms with Crippen molar-refractivity contribution in [1.82, 2.24) is 30.6 Å². The Labute approximate surface area is 217 Å². The van der Waals surface area contributed by atoms with Crippen molar-refractivity contribution in [2.24, 2.45) is 5.92 Å². The molecular formula is C26H37N9O2. The van der Waals surface area contributed by atoms with Crippen LogP contribution in [0.5, 0.6) is 0 Å². The van der Waals surface area contributed by atoms with Crippen molar-refractivity contribution in [2.45, 2.75) is 45.6 Å². The van der Waals surface area contributed by atoms with Crippen molar-refractivity contribution in [2.75, 3.05) is 54.9 Å². The number of nitrogens with one attached hydrogen (secondary N) is 5. The van der Waals surface area contributed by atoms with Crippen LogP contribution in [0.15, 0.2) is 24.5 Å². The molecule has 1 aliphatic heterocycles. The van der Waals surface area contributed by atoms with E-state index in [1.54, 1.807) is 6.33 Å². The van der Waals surface area contributed by atoms with Gasteiger partial charge >= 0.3 is 6.03 Å². The van der Waals surface area contributed by atoms with Crippen molar-refractivity contribution in [1.29, 1.82) is 0 Å². The summed E-state index contributed by atoms with van der Waals surface area (Å²) in [6, 6.07) is 6.63. The second kappa shape index (κ2) is 11.6. The molecular weight excluding hydrogens is 470 g/mol. The monoisotopic (exact) mass is 507 g/mol. The third-order valence-corrected chi connectivity index (χ3v) is 7.19. The standard InChI is InChI=1S/C26H37N9O2/c1-3-27-26(36)28-15-18-4-6-19(7-5-18)31-24-22-23(30-16-29-22)33-25(34-24)32-21-9-8-20(14-17(21)2)35-10-12-37-13-11-35/h8-9,14,16,18-19H,3-7,10-13,15H2,1-2H3,(H2,27,28,36)(H3,29,30,31,32,33,34)/t18-,19-. The van der Waals surface area contributed by atoms with E-state index < -0.39 is 0 Å². The maximum Gasteiger partial charge on any atom is 0.314 e. The Balaban J connectivity index is 1.23. The van der Waals surface area contributed by atoms with Gasteiger partial charge in [-0.3, -0.25) is 0 Å². The summed E-state index contributed by atoms with van der Waals surface area (Å²) in [6.45, 7) is 8.72. The van der Waals surface area contributed by atoms with Gasteiger partial charge < -0.3 is 35.9 Å². The molecule has 1 aromatic carbocycles. The molecule has 2 aliphatic rings. The number of morpholine rings is 1. The van der Waals surface area contributed by atoms with E-state index in [-0.39, 0.29) is 6.03 Å². The SMILES string of the molecule is CCNC(=O)NC[C@H]1CC[C@H](Nc2nc(Nc3ccc(N4CCOCC4)cc3C)nc3[nH]cnc23)CC1. The molecule has 1 aliphatic carbocycles. The number of rotatable bonds is 8. The zero-order valence-corrected chi connectivity index (χ0v) is 21.6. The van der Waals surface area contributed by atoms with Crippen LogP contribution in [0.25, 0.3) is 11.2 Å². The van der Waals surface area contributed by atoms with Crippen molar-refractivity contribution in [3.63, 3.8) is 0 Å². The van der Waals surface area contributed by atoms with Gasteiger partial charge in [0.15, 0.2) is 11.5 Å². The lowest BCUT2D eigenvalue weighted by Crippen LogP contribution is -2.39. The van der Waals surface area contributed by atoms with Crippen LogP contribution >= 0.6 is 0 Å². The number of aryl methyl sites for hydroxylation is 1. The molecule has 37 heavy (non-hydrogen) atoms. The number of nitrogens with zero attached hydrogens (tertiary/aromatic N) is 4. The number of anilines is 4. The van der Waals surface area contributed by atoms with Gasteiger partial charge in [0.1, 0.15) is 5.52 Å². The molecule has 198 valence electrons. The molecule has 11 nitrogen and oxygen atoms in total. The Hall–Kier alpha value is -3.60. The van der Waals surface area contributed by atoms with Gasteiger partial charge in [-0.1, -0.05) is 0 Å². The van der Waals surface area contributed by atoms with Crippen LogP contribution in [0.3, 0.4) is 0 Å². The van der Waals surface area contributed by atoms with Gasteiger partial charge in [-0.25, -0.2) is 9.78 Å². The number of hydrogen-bond donors (Lipinski definition) is 5. The first-order chi connectivity index (χ1) is 18.1. The summed E-state index contributed by atoms with van der Waals surface area (Å²) >= 11 is 0. The van der Waals surface area contributed by atoms with E-state index in [9.17, 15) is 4.79 Å². The predicted octanol–water partition coefficient (Wildman–Crippen LogP) is 3.53. The Morgan fingerprint density at radius 3 is 2.70 bits per heavy atom. The molecule has 1 saturated heterocycles. The number of carbonyl (C=O) groups excluding carboxylic acids is 1. The van der Waals surface area contributed by atoms with Crippen LogP contribution in [-0.4, -0.2) is 71.4 Å². The van der Waals surface area contributed by atoms with Gasteiger partial charge in [-0.15, -0.1) is 0 Å². The maximum atomic E-state index is 11.7. The number of hydrogen-bond acceptors (Lipinski definition) is 8. The normalized spacial score (nSPS) is 20.0. The van der Waals surface area contributed by atoms with Crippen LogP contribution in [0.4, 0.5) is 27.9 Å². The molecule has 5 N–H and O–H groups in total. The molecule has 2 fully saturated rings. The van der Waals surface area contributed by atoms with E-state index >= 15 is 0 Å². The second-order valence-corrected chi connectivity index (χ2v) is 9.82. The fourth-order valence-corrected chi connectivity index (χ4v) is 5.08. The number of H-pyrrole nitrogens is 1. The molecule has 5 rings (SSSR count). The minimum Gasteiger partial charge on any atom is -0.378 e. The number of imidazole rings is 1. The molecule has 3 aromatic rings. The van der Waals surface area contributed by atoms with E-state index in [1.807, 2.05) is 6.92 Å². The number of fused-ring (bicyclic) bond motifs is 1. The van der Waals surface area contributed by atoms with E-state index in [1.165, 1.54) is 5.69 Å². The molecule has 0 unspecified atom stereocenters. The molecule has 0 atom stereocenters. The highest BCUT2D eigenvalue weighted by Crippen LogP contribution is 2.30. The zero-order valence-electron chi connectivity index (χ0n) is 21.6. The number of benzene rings is 1. The third kappa shape index (κ3) is 6.22. The Morgan fingerprint density at radius 2 is 1.95 bits per heavy atom. The van der Waals surface area contributed by atoms with Gasteiger partial charge in [0.2, 0.25) is 5.95 Å². The topological polar surface area (TPSA) is 132 Å². The molecule has 11 heteroatoms. The number of amides is 2. The maximum absolute atomic E-state index is 11.7. The van der Waals surface area contributed by atoms with E-state index in [0.717, 1.165) is 74.6 Å². The van der Waals surface area contributed by atoms with Gasteiger partial charge in [-0.2, -0.15) is 9.97 Å². The third-order valence-electron chi connectivity index (χ3n) is 7.19. The van der Waals surface area contributed by atoms with Gasteiger partial charge in [-0.05, 0) is 69.2 Å². The number of aromatic nitrogens is 4. The number of ether oxygens (including phenoxy) is 1. The van der Waals surface area contributed by atoms with Crippen LogP contribution in [0, 0.1) is 12.8 Å². The molecule has 2 amide bonds. The molecule has 0 spiro atoms. The largest absolute Gasteiger partial charge is 0.378 e. The minimum absolute atomic E-state index is 0.0874. The van der Waals surface area contributed by atoms with Crippen molar-refractivity contribution in [3.8, 4) is 0 Å². The van der Waals surface area contributed by atoms with Crippen molar-refractivity contribution in [3.05, 3.63) is 30.1 Å². The van der Waals surface area contributed by atoms with Crippen molar-refractivity contribution >= 4 is 40.3 Å². The summed E-state index contributed by atoms with van der Waals surface area (Å²) in [5, 5.41) is 12.8. The minimum atomic E-state index is -0.0874. The van der Waals surface area contributed by atoms with E-state index in [0.29, 0.717) is 36.6 Å². The van der Waals surface area contributed by atoms with Crippen LogP contribution in [0.1, 0.15) is 38.2 Å². The summed E-state index contributed by atoms with van der Waals surface area (Å²) < 4.78 is 5.48. The quantitative estimate of drug-likeness (QED) is 0.313. The smallest absolute Gasteiger partial charge is 0.314 e. The highest BCUT2D eigenvalue weighted by atomic mass is 16.5. The first-order valence-electron chi connectivity index (χ1n) is 13.3. The average Bonchev–Trinajstić information content (AvgIpc) is 3.39. The molecule has 1 saturated carbocycles. The first kappa shape index (κ1) is 25.1. The molecule has 0 bridgehead atoms. The summed E-state index contributed by atoms with van der Waals surface area (Å²) in [6.07, 6.45) is 5.79. The number of aromatic amines is 1. The lowest BCUT2D eigenvalue weighted by Gasteiger charge is -2.29. The summed E-state index contributed by atoms with van der Waals surface area (Å²) in [7, 11) is 0. The molecule has 2 aromatic heterocycles. The zero-order chi connectivity index (χ0) is 25.6. The van der Waals surface area contributed by atoms with Gasteiger partial charge in [0, 0.05) is 43.6 Å². The molecule has 3 heterocycles. The van der Waals surface area contributed by atoms with Crippen molar-refractivity contribution < 1.29 is 9.53 Å². The fraction of sp³-hybridized carbons (Fsp3) is 0.538. The Bertz CT molecular complexity index is 1200. The summed E-state index contributed by atoms with van der Waals surface area (Å²) in [5.74, 6) is 1.76. The average molecular weight is 508 g/mol. The second-order valence-electron chi connectivity index (χ2n) is 9.82. The Morgan fingerprint density at radius 1 is 1.14 bits per heavy atom. The lowest BCUT2D eigenvalue weighted by molar-refractivity contribution is 0.122. The number of urea groups is 1. The van der Waals surface area contributed by atoms with E-state index in [4.69, 9.17) is 9.72 Å². The first-order valence-corrected chi connectivity index (χ1v) is 13.3.